The molecule has 114 valence electrons. The van der Waals surface area contributed by atoms with Crippen LogP contribution in [0.25, 0.3) is 22.3 Å². The zero-order chi connectivity index (χ0) is 16.1. The average Bonchev–Trinajstić information content (AvgIpc) is 3.01. The van der Waals surface area contributed by atoms with Gasteiger partial charge in [-0.25, -0.2) is 0 Å². The number of fused-ring (bicyclic) bond motifs is 3. The van der Waals surface area contributed by atoms with Crippen LogP contribution in [0.2, 0.25) is 5.02 Å². The maximum Gasteiger partial charge on any atom is 0.210 e. The highest BCUT2D eigenvalue weighted by atomic mass is 35.5. The second-order valence-corrected chi connectivity index (χ2v) is 6.25. The van der Waals surface area contributed by atoms with Gasteiger partial charge in [0.05, 0.1) is 5.69 Å². The molecule has 0 radical (unpaired) electrons. The summed E-state index contributed by atoms with van der Waals surface area (Å²) in [6.45, 7) is 4.94. The van der Waals surface area contributed by atoms with Crippen LogP contribution >= 0.6 is 11.6 Å². The Kier molecular flexibility index (Phi) is 3.17. The van der Waals surface area contributed by atoms with Gasteiger partial charge in [-0.2, -0.15) is 0 Å². The first kappa shape index (κ1) is 14.3. The highest BCUT2D eigenvalue weighted by Gasteiger charge is 2.34. The minimum absolute atomic E-state index is 0.126. The maximum atomic E-state index is 12.9. The zero-order valence-electron chi connectivity index (χ0n) is 13.1. The van der Waals surface area contributed by atoms with Crippen LogP contribution in [0.5, 0.6) is 0 Å². The number of ketones is 1. The number of hydrogen-bond acceptors (Lipinski definition) is 1. The van der Waals surface area contributed by atoms with E-state index >= 15 is 0 Å². The van der Waals surface area contributed by atoms with Gasteiger partial charge in [0.15, 0.2) is 0 Å². The Bertz CT molecular complexity index is 935. The van der Waals surface area contributed by atoms with Crippen molar-refractivity contribution in [2.24, 2.45) is 0 Å². The second-order valence-electron chi connectivity index (χ2n) is 5.81. The summed E-state index contributed by atoms with van der Waals surface area (Å²) in [4.78, 5) is 12.9. The van der Waals surface area contributed by atoms with E-state index in [0.717, 1.165) is 50.8 Å². The summed E-state index contributed by atoms with van der Waals surface area (Å²) < 4.78 is 2.13. The van der Waals surface area contributed by atoms with Gasteiger partial charge in [-0.15, -0.1) is 0 Å². The normalized spacial score (nSPS) is 12.4. The van der Waals surface area contributed by atoms with Crippen molar-refractivity contribution >= 4 is 17.4 Å². The van der Waals surface area contributed by atoms with Crippen LogP contribution in [0.4, 0.5) is 0 Å². The van der Waals surface area contributed by atoms with Gasteiger partial charge in [0.2, 0.25) is 5.78 Å². The van der Waals surface area contributed by atoms with E-state index in [0.29, 0.717) is 0 Å². The molecule has 1 aromatic heterocycles. The number of carbonyl (C=O) groups is 1. The highest BCUT2D eigenvalue weighted by Crippen LogP contribution is 2.46. The van der Waals surface area contributed by atoms with Crippen molar-refractivity contribution in [3.8, 4) is 22.3 Å². The molecule has 2 nitrogen and oxygen atoms in total. The van der Waals surface area contributed by atoms with Gasteiger partial charge in [0, 0.05) is 34.0 Å². The fourth-order valence-corrected chi connectivity index (χ4v) is 3.75. The summed E-state index contributed by atoms with van der Waals surface area (Å²) in [6.07, 6.45) is 0. The van der Waals surface area contributed by atoms with E-state index < -0.39 is 0 Å². The molecule has 23 heavy (non-hydrogen) atoms. The number of rotatable bonds is 2. The van der Waals surface area contributed by atoms with Crippen LogP contribution in [0.3, 0.4) is 0 Å². The first-order valence-electron chi connectivity index (χ1n) is 7.76. The molecule has 0 saturated heterocycles. The van der Waals surface area contributed by atoms with E-state index in [1.54, 1.807) is 0 Å². The molecule has 0 bridgehead atoms. The van der Waals surface area contributed by atoms with Crippen molar-refractivity contribution in [1.29, 1.82) is 0 Å². The highest BCUT2D eigenvalue weighted by molar-refractivity contribution is 6.30. The monoisotopic (exact) mass is 321 g/mol. The van der Waals surface area contributed by atoms with Crippen molar-refractivity contribution in [3.05, 3.63) is 70.5 Å². The summed E-state index contributed by atoms with van der Waals surface area (Å²) in [5.41, 5.74) is 7.07. The van der Waals surface area contributed by atoms with Gasteiger partial charge in [-0.1, -0.05) is 48.0 Å². The predicted molar refractivity (Wildman–Crippen MR) is 94.2 cm³/mol. The Morgan fingerprint density at radius 1 is 0.957 bits per heavy atom. The molecule has 3 aromatic rings. The van der Waals surface area contributed by atoms with E-state index in [1.165, 1.54) is 0 Å². The number of nitrogens with zero attached hydrogens (tertiary/aromatic N) is 1. The molecule has 0 N–H and O–H groups in total. The maximum absolute atomic E-state index is 12.9. The minimum Gasteiger partial charge on any atom is -0.341 e. The third kappa shape index (κ3) is 1.91. The van der Waals surface area contributed by atoms with Crippen LogP contribution in [-0.2, 0) is 6.54 Å². The van der Waals surface area contributed by atoms with Crippen LogP contribution in [0, 0.1) is 6.92 Å². The van der Waals surface area contributed by atoms with Crippen molar-refractivity contribution in [2.45, 2.75) is 20.4 Å². The molecule has 0 saturated carbocycles. The van der Waals surface area contributed by atoms with Gasteiger partial charge in [-0.3, -0.25) is 4.79 Å². The molecule has 1 aliphatic rings. The topological polar surface area (TPSA) is 22.0 Å². The SMILES string of the molecule is CCn1c(C)c(-c2ccc(Cl)cc2)c2c1C(=O)c1ccccc1-2. The fraction of sp³-hybridized carbons (Fsp3) is 0.150. The van der Waals surface area contributed by atoms with Crippen LogP contribution in [0.1, 0.15) is 28.7 Å². The standard InChI is InChI=1S/C20H16ClNO/c1-3-22-12(2)17(13-8-10-14(21)11-9-13)18-15-6-4-5-7-16(15)20(23)19(18)22/h4-11H,3H2,1-2H3. The van der Waals surface area contributed by atoms with Crippen molar-refractivity contribution < 1.29 is 4.79 Å². The summed E-state index contributed by atoms with van der Waals surface area (Å²) in [5.74, 6) is 0.126. The lowest BCUT2D eigenvalue weighted by Crippen LogP contribution is -2.07. The van der Waals surface area contributed by atoms with Gasteiger partial charge in [0.1, 0.15) is 0 Å². The Morgan fingerprint density at radius 3 is 2.26 bits per heavy atom. The van der Waals surface area contributed by atoms with Gasteiger partial charge in [-0.05, 0) is 37.1 Å². The Hall–Kier alpha value is -2.32. The first-order valence-corrected chi connectivity index (χ1v) is 8.14. The van der Waals surface area contributed by atoms with Gasteiger partial charge >= 0.3 is 0 Å². The second kappa shape index (κ2) is 5.10. The van der Waals surface area contributed by atoms with Crippen LogP contribution < -0.4 is 0 Å². The smallest absolute Gasteiger partial charge is 0.210 e. The Balaban J connectivity index is 2.09. The summed E-state index contributed by atoms with van der Waals surface area (Å²) >= 11 is 6.03. The third-order valence-corrected chi connectivity index (χ3v) is 4.88. The molecular weight excluding hydrogens is 306 g/mol. The van der Waals surface area contributed by atoms with Crippen LogP contribution in [-0.4, -0.2) is 10.4 Å². The van der Waals surface area contributed by atoms with Crippen molar-refractivity contribution in [2.75, 3.05) is 0 Å². The predicted octanol–water partition coefficient (Wildman–Crippen LogP) is 5.35. The molecule has 0 atom stereocenters. The summed E-state index contributed by atoms with van der Waals surface area (Å²) in [5, 5.41) is 0.717. The van der Waals surface area contributed by atoms with Crippen LogP contribution in [0.15, 0.2) is 48.5 Å². The molecule has 0 fully saturated rings. The molecule has 4 rings (SSSR count). The number of aromatic nitrogens is 1. The fourth-order valence-electron chi connectivity index (χ4n) is 3.63. The van der Waals surface area contributed by atoms with Gasteiger partial charge < -0.3 is 4.57 Å². The Morgan fingerprint density at radius 2 is 1.61 bits per heavy atom. The van der Waals surface area contributed by atoms with E-state index in [9.17, 15) is 4.79 Å². The molecule has 2 aromatic carbocycles. The molecule has 0 amide bonds. The molecule has 3 heteroatoms. The molecule has 1 heterocycles. The summed E-state index contributed by atoms with van der Waals surface area (Å²) in [7, 11) is 0. The minimum atomic E-state index is 0.126. The third-order valence-electron chi connectivity index (χ3n) is 4.63. The lowest BCUT2D eigenvalue weighted by molar-refractivity contribution is 0.103. The molecule has 0 spiro atoms. The molecule has 0 aliphatic heterocycles. The lowest BCUT2D eigenvalue weighted by Gasteiger charge is -2.09. The quantitative estimate of drug-likeness (QED) is 0.488. The molecule has 0 unspecified atom stereocenters. The van der Waals surface area contributed by atoms with Gasteiger partial charge in [0.25, 0.3) is 0 Å². The summed E-state index contributed by atoms with van der Waals surface area (Å²) in [6, 6.07) is 15.7. The molecule has 1 aliphatic carbocycles. The molecular formula is C20H16ClNO. The van der Waals surface area contributed by atoms with E-state index in [4.69, 9.17) is 11.6 Å². The van der Waals surface area contributed by atoms with E-state index in [-0.39, 0.29) is 5.78 Å². The van der Waals surface area contributed by atoms with E-state index in [1.807, 2.05) is 48.5 Å². The van der Waals surface area contributed by atoms with E-state index in [2.05, 4.69) is 18.4 Å². The first-order chi connectivity index (χ1) is 11.1. The number of carbonyl (C=O) groups excluding carboxylic acids is 1. The average molecular weight is 322 g/mol. The zero-order valence-corrected chi connectivity index (χ0v) is 13.8. The lowest BCUT2D eigenvalue weighted by atomic mass is 9.97. The van der Waals surface area contributed by atoms with Crippen molar-refractivity contribution in [1.82, 2.24) is 4.57 Å². The van der Waals surface area contributed by atoms with Crippen molar-refractivity contribution in [3.63, 3.8) is 0 Å². The number of halogens is 1. The largest absolute Gasteiger partial charge is 0.341 e. The Labute approximate surface area is 140 Å². The number of benzene rings is 2. The number of hydrogen-bond donors (Lipinski definition) is 0.